The number of hydrogen-bond acceptors (Lipinski definition) is 7. The Bertz CT molecular complexity index is 597. The van der Waals surface area contributed by atoms with Crippen LogP contribution in [0.1, 0.15) is 48.8 Å². The fourth-order valence-electron chi connectivity index (χ4n) is 1.68. The molecule has 0 spiro atoms. The zero-order chi connectivity index (χ0) is 15.2. The van der Waals surface area contributed by atoms with Crippen molar-refractivity contribution in [1.82, 2.24) is 25.4 Å². The average Bonchev–Trinajstić information content (AvgIpc) is 2.98. The second-order valence-electron chi connectivity index (χ2n) is 4.71. The van der Waals surface area contributed by atoms with E-state index in [4.69, 9.17) is 0 Å². The van der Waals surface area contributed by atoms with E-state index in [0.717, 1.165) is 0 Å². The minimum atomic E-state index is -0.306. The molecule has 0 unspecified atom stereocenters. The number of anilines is 1. The Morgan fingerprint density at radius 3 is 2.81 bits per heavy atom. The number of hydrogen-bond donors (Lipinski definition) is 2. The van der Waals surface area contributed by atoms with Crippen LogP contribution in [0.5, 0.6) is 0 Å². The summed E-state index contributed by atoms with van der Waals surface area (Å²) < 4.78 is 4.61. The normalized spacial score (nSPS) is 10.7. The summed E-state index contributed by atoms with van der Waals surface area (Å²) in [5.41, 5.74) is 0.923. The van der Waals surface area contributed by atoms with Crippen molar-refractivity contribution in [2.24, 2.45) is 0 Å². The molecule has 2 aromatic heterocycles. The van der Waals surface area contributed by atoms with Crippen LogP contribution in [0.2, 0.25) is 0 Å². The number of rotatable bonds is 6. The summed E-state index contributed by atoms with van der Waals surface area (Å²) in [6.45, 7) is 6.75. The standard InChI is InChI=1S/C13H18N6O2/c1-4-14-9-5-15-12(8(2)3)18-11(9)13(20)16-6-10-17-7-21-19-10/h5,7-8,14H,4,6H2,1-3H3,(H,16,20). The second-order valence-corrected chi connectivity index (χ2v) is 4.71. The summed E-state index contributed by atoms with van der Waals surface area (Å²) in [5.74, 6) is 0.873. The Balaban J connectivity index is 2.18. The molecule has 21 heavy (non-hydrogen) atoms. The molecule has 0 aromatic carbocycles. The zero-order valence-corrected chi connectivity index (χ0v) is 12.3. The zero-order valence-electron chi connectivity index (χ0n) is 12.3. The van der Waals surface area contributed by atoms with Crippen molar-refractivity contribution in [3.8, 4) is 0 Å². The maximum absolute atomic E-state index is 12.3. The highest BCUT2D eigenvalue weighted by Crippen LogP contribution is 2.16. The molecule has 0 aliphatic carbocycles. The lowest BCUT2D eigenvalue weighted by atomic mass is 10.2. The van der Waals surface area contributed by atoms with Gasteiger partial charge in [-0.1, -0.05) is 19.0 Å². The van der Waals surface area contributed by atoms with Gasteiger partial charge in [0.25, 0.3) is 5.91 Å². The predicted octanol–water partition coefficient (Wildman–Crippen LogP) is 1.34. The number of carbonyl (C=O) groups excluding carboxylic acids is 1. The Labute approximate surface area is 122 Å². The summed E-state index contributed by atoms with van der Waals surface area (Å²) in [5, 5.41) is 9.43. The van der Waals surface area contributed by atoms with Crippen molar-refractivity contribution in [1.29, 1.82) is 0 Å². The first-order chi connectivity index (χ1) is 10.1. The van der Waals surface area contributed by atoms with Crippen LogP contribution >= 0.6 is 0 Å². The van der Waals surface area contributed by atoms with Gasteiger partial charge in [0.1, 0.15) is 5.82 Å². The van der Waals surface area contributed by atoms with Gasteiger partial charge in [0.2, 0.25) is 6.39 Å². The fraction of sp³-hybridized carbons (Fsp3) is 0.462. The highest BCUT2D eigenvalue weighted by atomic mass is 16.5. The van der Waals surface area contributed by atoms with Gasteiger partial charge in [-0.2, -0.15) is 4.98 Å². The van der Waals surface area contributed by atoms with Crippen LogP contribution in [0.4, 0.5) is 5.69 Å². The molecule has 112 valence electrons. The fourth-order valence-corrected chi connectivity index (χ4v) is 1.68. The Hall–Kier alpha value is -2.51. The Kier molecular flexibility index (Phi) is 4.81. The summed E-state index contributed by atoms with van der Waals surface area (Å²) in [6, 6.07) is 0. The van der Waals surface area contributed by atoms with Gasteiger partial charge in [-0.05, 0) is 6.92 Å². The van der Waals surface area contributed by atoms with Crippen LogP contribution in [-0.2, 0) is 6.54 Å². The van der Waals surface area contributed by atoms with E-state index in [9.17, 15) is 4.79 Å². The summed E-state index contributed by atoms with van der Waals surface area (Å²) in [7, 11) is 0. The highest BCUT2D eigenvalue weighted by Gasteiger charge is 2.16. The highest BCUT2D eigenvalue weighted by molar-refractivity contribution is 5.97. The van der Waals surface area contributed by atoms with Gasteiger partial charge in [0.15, 0.2) is 11.5 Å². The van der Waals surface area contributed by atoms with E-state index >= 15 is 0 Å². The van der Waals surface area contributed by atoms with Gasteiger partial charge in [0.05, 0.1) is 18.4 Å². The molecule has 2 aromatic rings. The second kappa shape index (κ2) is 6.78. The average molecular weight is 290 g/mol. The number of aromatic nitrogens is 4. The third-order valence-electron chi connectivity index (χ3n) is 2.72. The summed E-state index contributed by atoms with van der Waals surface area (Å²) >= 11 is 0. The lowest BCUT2D eigenvalue weighted by Gasteiger charge is -2.12. The molecule has 0 atom stereocenters. The van der Waals surface area contributed by atoms with Gasteiger partial charge >= 0.3 is 0 Å². The summed E-state index contributed by atoms with van der Waals surface area (Å²) in [4.78, 5) is 24.7. The van der Waals surface area contributed by atoms with E-state index in [1.165, 1.54) is 6.39 Å². The minimum absolute atomic E-state index is 0.143. The lowest BCUT2D eigenvalue weighted by molar-refractivity contribution is 0.0945. The van der Waals surface area contributed by atoms with Gasteiger partial charge in [-0.25, -0.2) is 9.97 Å². The molecule has 2 N–H and O–H groups in total. The molecular weight excluding hydrogens is 272 g/mol. The van der Waals surface area contributed by atoms with Crippen LogP contribution in [0, 0.1) is 0 Å². The first-order valence-corrected chi connectivity index (χ1v) is 6.76. The van der Waals surface area contributed by atoms with E-state index in [2.05, 4.69) is 35.3 Å². The molecule has 8 heteroatoms. The monoisotopic (exact) mass is 290 g/mol. The van der Waals surface area contributed by atoms with Crippen LogP contribution in [0.3, 0.4) is 0 Å². The molecule has 0 saturated heterocycles. The molecule has 0 fully saturated rings. The van der Waals surface area contributed by atoms with E-state index in [1.807, 2.05) is 20.8 Å². The molecule has 0 aliphatic rings. The van der Waals surface area contributed by atoms with Crippen molar-refractivity contribution in [3.63, 3.8) is 0 Å². The number of nitrogens with zero attached hydrogens (tertiary/aromatic N) is 4. The molecule has 8 nitrogen and oxygen atoms in total. The first kappa shape index (κ1) is 14.9. The number of amides is 1. The first-order valence-electron chi connectivity index (χ1n) is 6.76. The largest absolute Gasteiger partial charge is 0.382 e. The van der Waals surface area contributed by atoms with Crippen molar-refractivity contribution in [2.45, 2.75) is 33.2 Å². The van der Waals surface area contributed by atoms with Crippen molar-refractivity contribution in [2.75, 3.05) is 11.9 Å². The van der Waals surface area contributed by atoms with Crippen molar-refractivity contribution in [3.05, 3.63) is 29.9 Å². The third-order valence-corrected chi connectivity index (χ3v) is 2.72. The maximum Gasteiger partial charge on any atom is 0.272 e. The van der Waals surface area contributed by atoms with Crippen LogP contribution in [0.15, 0.2) is 17.1 Å². The molecule has 0 aliphatic heterocycles. The maximum atomic E-state index is 12.3. The smallest absolute Gasteiger partial charge is 0.272 e. The molecule has 0 saturated carbocycles. The third kappa shape index (κ3) is 3.74. The van der Waals surface area contributed by atoms with Crippen molar-refractivity contribution >= 4 is 11.6 Å². The van der Waals surface area contributed by atoms with Gasteiger partial charge < -0.3 is 15.2 Å². The van der Waals surface area contributed by atoms with Gasteiger partial charge in [-0.3, -0.25) is 4.79 Å². The number of carbonyl (C=O) groups is 1. The molecule has 1 amide bonds. The van der Waals surface area contributed by atoms with E-state index < -0.39 is 0 Å². The van der Waals surface area contributed by atoms with Gasteiger partial charge in [-0.15, -0.1) is 0 Å². The van der Waals surface area contributed by atoms with Crippen LogP contribution in [0.25, 0.3) is 0 Å². The number of nitrogens with one attached hydrogen (secondary N) is 2. The molecule has 2 rings (SSSR count). The van der Waals surface area contributed by atoms with Crippen LogP contribution in [-0.4, -0.2) is 32.6 Å². The molecule has 2 heterocycles. The molecular formula is C13H18N6O2. The topological polar surface area (TPSA) is 106 Å². The SMILES string of the molecule is CCNc1cnc(C(C)C)nc1C(=O)NCc1ncon1. The Morgan fingerprint density at radius 2 is 2.19 bits per heavy atom. The van der Waals surface area contributed by atoms with Gasteiger partial charge in [0, 0.05) is 12.5 Å². The quantitative estimate of drug-likeness (QED) is 0.827. The molecule has 0 bridgehead atoms. The van der Waals surface area contributed by atoms with E-state index in [1.54, 1.807) is 6.20 Å². The predicted molar refractivity (Wildman–Crippen MR) is 75.8 cm³/mol. The Morgan fingerprint density at radius 1 is 1.38 bits per heavy atom. The van der Waals surface area contributed by atoms with Crippen LogP contribution < -0.4 is 10.6 Å². The molecule has 0 radical (unpaired) electrons. The minimum Gasteiger partial charge on any atom is -0.382 e. The summed E-state index contributed by atoms with van der Waals surface area (Å²) in [6.07, 6.45) is 2.85. The van der Waals surface area contributed by atoms with E-state index in [-0.39, 0.29) is 18.4 Å². The van der Waals surface area contributed by atoms with Crippen molar-refractivity contribution < 1.29 is 9.32 Å². The van der Waals surface area contributed by atoms with E-state index in [0.29, 0.717) is 29.6 Å². The lowest BCUT2D eigenvalue weighted by Crippen LogP contribution is -2.26.